The first kappa shape index (κ1) is 22.3. The van der Waals surface area contributed by atoms with E-state index in [2.05, 4.69) is 16.1 Å². The lowest BCUT2D eigenvalue weighted by molar-refractivity contribution is -0.144. The quantitative estimate of drug-likeness (QED) is 0.504. The summed E-state index contributed by atoms with van der Waals surface area (Å²) in [5, 5.41) is 2.91. The fourth-order valence-electron chi connectivity index (χ4n) is 3.47. The van der Waals surface area contributed by atoms with Gasteiger partial charge in [0.15, 0.2) is 18.1 Å². The van der Waals surface area contributed by atoms with Crippen LogP contribution in [0.1, 0.15) is 35.6 Å². The summed E-state index contributed by atoms with van der Waals surface area (Å²) in [6, 6.07) is 12.1. The van der Waals surface area contributed by atoms with E-state index in [4.69, 9.17) is 9.47 Å². The Labute approximate surface area is 178 Å². The first-order chi connectivity index (χ1) is 15.0. The third-order valence-electron chi connectivity index (χ3n) is 4.87. The van der Waals surface area contributed by atoms with Gasteiger partial charge in [0, 0.05) is 6.08 Å². The highest BCUT2D eigenvalue weighted by molar-refractivity contribution is 5.89. The number of aryl methyl sites for hydroxylation is 1. The Balaban J connectivity index is 1.51. The predicted octanol–water partition coefficient (Wildman–Crippen LogP) is 4.05. The Hall–Kier alpha value is -3.42. The van der Waals surface area contributed by atoms with Gasteiger partial charge in [-0.1, -0.05) is 30.3 Å². The van der Waals surface area contributed by atoms with Gasteiger partial charge in [0.2, 0.25) is 0 Å². The molecule has 1 aliphatic carbocycles. The molecule has 0 saturated heterocycles. The fourth-order valence-corrected chi connectivity index (χ4v) is 3.47. The highest BCUT2D eigenvalue weighted by Gasteiger charge is 2.21. The van der Waals surface area contributed by atoms with Crippen LogP contribution in [0.25, 0.3) is 6.08 Å². The minimum atomic E-state index is -2.97. The van der Waals surface area contributed by atoms with Gasteiger partial charge in [-0.3, -0.25) is 4.79 Å². The lowest BCUT2D eigenvalue weighted by Crippen LogP contribution is -2.34. The number of methoxy groups -OCH3 is 1. The van der Waals surface area contributed by atoms with Crippen molar-refractivity contribution in [3.63, 3.8) is 0 Å². The summed E-state index contributed by atoms with van der Waals surface area (Å²) in [6.07, 6.45) is 5.37. The van der Waals surface area contributed by atoms with Gasteiger partial charge in [0.1, 0.15) is 0 Å². The average molecular weight is 431 g/mol. The average Bonchev–Trinajstić information content (AvgIpc) is 2.77. The van der Waals surface area contributed by atoms with Crippen LogP contribution >= 0.6 is 0 Å². The van der Waals surface area contributed by atoms with Crippen LogP contribution in [0.5, 0.6) is 11.5 Å². The number of hydrogen-bond acceptors (Lipinski definition) is 5. The van der Waals surface area contributed by atoms with Gasteiger partial charge in [-0.2, -0.15) is 8.78 Å². The molecule has 6 nitrogen and oxygen atoms in total. The standard InChI is InChI=1S/C23H23F2NO5/c1-29-20-13-15(9-11-19(20)31-23(24)25)10-12-22(28)30-14-21(27)26-18-8-4-6-16-5-2-3-7-17(16)18/h2-3,5,7,9-13,18,23H,4,6,8,14H2,1H3,(H,26,27)/b12-10+/t18-/m0/s1. The summed E-state index contributed by atoms with van der Waals surface area (Å²) in [5.41, 5.74) is 2.83. The van der Waals surface area contributed by atoms with Gasteiger partial charge in [-0.15, -0.1) is 0 Å². The molecule has 0 heterocycles. The Morgan fingerprint density at radius 1 is 1.19 bits per heavy atom. The van der Waals surface area contributed by atoms with Gasteiger partial charge in [-0.05, 0) is 54.2 Å². The monoisotopic (exact) mass is 431 g/mol. The van der Waals surface area contributed by atoms with E-state index < -0.39 is 19.2 Å². The van der Waals surface area contributed by atoms with Crippen molar-refractivity contribution in [2.45, 2.75) is 31.9 Å². The van der Waals surface area contributed by atoms with Crippen molar-refractivity contribution in [1.82, 2.24) is 5.32 Å². The van der Waals surface area contributed by atoms with Crippen LogP contribution in [-0.2, 0) is 20.7 Å². The molecule has 0 aromatic heterocycles. The number of esters is 1. The van der Waals surface area contributed by atoms with E-state index in [0.717, 1.165) is 30.9 Å². The van der Waals surface area contributed by atoms with Crippen molar-refractivity contribution in [2.24, 2.45) is 0 Å². The summed E-state index contributed by atoms with van der Waals surface area (Å²) in [5.74, 6) is -1.09. The molecule has 0 aliphatic heterocycles. The Bertz CT molecular complexity index is 961. The first-order valence-electron chi connectivity index (χ1n) is 9.81. The number of ether oxygens (including phenoxy) is 3. The smallest absolute Gasteiger partial charge is 0.387 e. The van der Waals surface area contributed by atoms with E-state index >= 15 is 0 Å². The second kappa shape index (κ2) is 10.6. The molecule has 0 fully saturated rings. The van der Waals surface area contributed by atoms with Crippen LogP contribution in [0.15, 0.2) is 48.5 Å². The van der Waals surface area contributed by atoms with Gasteiger partial charge < -0.3 is 19.5 Å². The second-order valence-corrected chi connectivity index (χ2v) is 6.94. The van der Waals surface area contributed by atoms with E-state index in [1.54, 1.807) is 0 Å². The zero-order chi connectivity index (χ0) is 22.2. The van der Waals surface area contributed by atoms with Crippen LogP contribution in [0, 0.1) is 0 Å². The third-order valence-corrected chi connectivity index (χ3v) is 4.87. The molecule has 1 atom stereocenters. The molecule has 0 spiro atoms. The number of alkyl halides is 2. The molecule has 0 saturated carbocycles. The number of benzene rings is 2. The van der Waals surface area contributed by atoms with Gasteiger partial charge in [0.25, 0.3) is 5.91 Å². The fraction of sp³-hybridized carbons (Fsp3) is 0.304. The summed E-state index contributed by atoms with van der Waals surface area (Å²) in [6.45, 7) is -3.37. The lowest BCUT2D eigenvalue weighted by Gasteiger charge is -2.26. The second-order valence-electron chi connectivity index (χ2n) is 6.94. The van der Waals surface area contributed by atoms with Gasteiger partial charge in [-0.25, -0.2) is 4.79 Å². The summed E-state index contributed by atoms with van der Waals surface area (Å²) < 4.78 is 39.1. The van der Waals surface area contributed by atoms with Gasteiger partial charge >= 0.3 is 12.6 Å². The SMILES string of the molecule is COc1cc(/C=C/C(=O)OCC(=O)N[C@H]2CCCc3ccccc32)ccc1OC(F)F. The maximum absolute atomic E-state index is 12.4. The molecule has 1 aliphatic rings. The molecular weight excluding hydrogens is 408 g/mol. The molecule has 0 unspecified atom stereocenters. The lowest BCUT2D eigenvalue weighted by atomic mass is 9.88. The highest BCUT2D eigenvalue weighted by atomic mass is 19.3. The van der Waals surface area contributed by atoms with Gasteiger partial charge in [0.05, 0.1) is 13.2 Å². The molecule has 31 heavy (non-hydrogen) atoms. The summed E-state index contributed by atoms with van der Waals surface area (Å²) in [4.78, 5) is 24.1. The number of carbonyl (C=O) groups is 2. The molecule has 2 aromatic rings. The van der Waals surface area contributed by atoms with E-state index in [1.807, 2.05) is 18.2 Å². The molecule has 2 aromatic carbocycles. The minimum absolute atomic E-state index is 0.0897. The van der Waals surface area contributed by atoms with Crippen molar-refractivity contribution in [1.29, 1.82) is 0 Å². The molecule has 8 heteroatoms. The number of fused-ring (bicyclic) bond motifs is 1. The predicted molar refractivity (Wildman–Crippen MR) is 110 cm³/mol. The normalized spacial score (nSPS) is 15.4. The maximum atomic E-state index is 12.4. The van der Waals surface area contributed by atoms with Crippen LogP contribution in [0.3, 0.4) is 0 Å². The highest BCUT2D eigenvalue weighted by Crippen LogP contribution is 2.30. The number of nitrogens with one attached hydrogen (secondary N) is 1. The third kappa shape index (κ3) is 6.28. The van der Waals surface area contributed by atoms with Crippen molar-refractivity contribution < 1.29 is 32.6 Å². The number of amides is 1. The van der Waals surface area contributed by atoms with Crippen molar-refractivity contribution in [2.75, 3.05) is 13.7 Å². The van der Waals surface area contributed by atoms with Crippen molar-refractivity contribution >= 4 is 18.0 Å². The zero-order valence-corrected chi connectivity index (χ0v) is 17.0. The van der Waals surface area contributed by atoms with E-state index in [1.165, 1.54) is 36.9 Å². The summed E-state index contributed by atoms with van der Waals surface area (Å²) >= 11 is 0. The van der Waals surface area contributed by atoms with E-state index in [0.29, 0.717) is 5.56 Å². The van der Waals surface area contributed by atoms with Crippen LogP contribution in [0.2, 0.25) is 0 Å². The summed E-state index contributed by atoms with van der Waals surface area (Å²) in [7, 11) is 1.32. The number of carbonyl (C=O) groups excluding carboxylic acids is 2. The molecule has 1 N–H and O–H groups in total. The topological polar surface area (TPSA) is 73.9 Å². The van der Waals surface area contributed by atoms with E-state index in [-0.39, 0.29) is 23.4 Å². The zero-order valence-electron chi connectivity index (χ0n) is 17.0. The Morgan fingerprint density at radius 2 is 2.00 bits per heavy atom. The number of rotatable bonds is 8. The molecule has 0 radical (unpaired) electrons. The van der Waals surface area contributed by atoms with Crippen LogP contribution in [-0.4, -0.2) is 32.2 Å². The molecule has 164 valence electrons. The number of hydrogen-bond donors (Lipinski definition) is 1. The van der Waals surface area contributed by atoms with Crippen molar-refractivity contribution in [3.05, 3.63) is 65.2 Å². The number of halogens is 2. The molecule has 0 bridgehead atoms. The van der Waals surface area contributed by atoms with Crippen LogP contribution < -0.4 is 14.8 Å². The van der Waals surface area contributed by atoms with Crippen LogP contribution in [0.4, 0.5) is 8.78 Å². The largest absolute Gasteiger partial charge is 0.493 e. The molecule has 1 amide bonds. The Kier molecular flexibility index (Phi) is 7.59. The minimum Gasteiger partial charge on any atom is -0.493 e. The molecule has 3 rings (SSSR count). The van der Waals surface area contributed by atoms with Crippen molar-refractivity contribution in [3.8, 4) is 11.5 Å². The first-order valence-corrected chi connectivity index (χ1v) is 9.81. The maximum Gasteiger partial charge on any atom is 0.387 e. The Morgan fingerprint density at radius 3 is 2.77 bits per heavy atom. The van der Waals surface area contributed by atoms with E-state index in [9.17, 15) is 18.4 Å². The molecular formula is C23H23F2NO5.